The number of cyclic esters (lactones) is 1. The molecule has 2 aromatic heterocycles. The molecule has 204 valence electrons. The maximum Gasteiger partial charge on any atom is 0.383 e. The van der Waals surface area contributed by atoms with Crippen LogP contribution in [0.4, 0.5) is 0 Å². The molecule has 0 N–H and O–H groups in total. The lowest BCUT2D eigenvalue weighted by atomic mass is 10.1. The van der Waals surface area contributed by atoms with E-state index in [2.05, 4.69) is 4.98 Å². The van der Waals surface area contributed by atoms with Crippen LogP contribution >= 0.6 is 0 Å². The maximum absolute atomic E-state index is 12.8. The van der Waals surface area contributed by atoms with Gasteiger partial charge < -0.3 is 18.6 Å². The Bertz CT molecular complexity index is 1820. The van der Waals surface area contributed by atoms with Crippen molar-refractivity contribution < 1.29 is 23.4 Å². The second kappa shape index (κ2) is 11.4. The van der Waals surface area contributed by atoms with Crippen molar-refractivity contribution >= 4 is 17.1 Å². The Morgan fingerprint density at radius 2 is 1.46 bits per heavy atom. The van der Waals surface area contributed by atoms with Gasteiger partial charge in [-0.3, -0.25) is 4.57 Å². The first-order valence-electron chi connectivity index (χ1n) is 13.1. The van der Waals surface area contributed by atoms with Crippen molar-refractivity contribution in [1.29, 1.82) is 0 Å². The number of allylic oxidation sites excluding steroid dienone is 1. The molecular formula is C33H26N2O6. The molecule has 0 amide bonds. The Balaban J connectivity index is 1.27. The summed E-state index contributed by atoms with van der Waals surface area (Å²) in [4.78, 5) is 29.7. The van der Waals surface area contributed by atoms with E-state index >= 15 is 0 Å². The van der Waals surface area contributed by atoms with Crippen LogP contribution in [-0.4, -0.2) is 15.5 Å². The minimum atomic E-state index is -0.659. The fourth-order valence-corrected chi connectivity index (χ4v) is 4.37. The van der Waals surface area contributed by atoms with E-state index in [1.807, 2.05) is 97.9 Å². The first-order valence-corrected chi connectivity index (χ1v) is 13.1. The summed E-state index contributed by atoms with van der Waals surface area (Å²) < 4.78 is 24.7. The van der Waals surface area contributed by atoms with E-state index in [0.717, 1.165) is 22.3 Å². The van der Waals surface area contributed by atoms with Crippen LogP contribution in [0.25, 0.3) is 22.4 Å². The third-order valence-electron chi connectivity index (χ3n) is 6.56. The van der Waals surface area contributed by atoms with Gasteiger partial charge >= 0.3 is 11.7 Å². The van der Waals surface area contributed by atoms with E-state index in [-0.39, 0.29) is 42.7 Å². The minimum Gasteiger partial charge on any atom is -0.481 e. The minimum absolute atomic E-state index is 0.0190. The van der Waals surface area contributed by atoms with Gasteiger partial charge in [-0.05, 0) is 30.2 Å². The van der Waals surface area contributed by atoms with E-state index in [4.69, 9.17) is 18.6 Å². The number of aryl methyl sites for hydroxylation is 1. The largest absolute Gasteiger partial charge is 0.481 e. The van der Waals surface area contributed by atoms with Gasteiger partial charge in [0.15, 0.2) is 5.76 Å². The van der Waals surface area contributed by atoms with Crippen LogP contribution in [0.15, 0.2) is 130 Å². The Morgan fingerprint density at radius 1 is 0.829 bits per heavy atom. The Kier molecular flexibility index (Phi) is 7.19. The zero-order chi connectivity index (χ0) is 28.2. The zero-order valence-corrected chi connectivity index (χ0v) is 22.3. The van der Waals surface area contributed by atoms with Gasteiger partial charge in [-0.2, -0.15) is 4.98 Å². The average molecular weight is 547 g/mol. The van der Waals surface area contributed by atoms with Gasteiger partial charge in [-0.25, -0.2) is 9.59 Å². The number of benzene rings is 3. The zero-order valence-electron chi connectivity index (χ0n) is 22.3. The van der Waals surface area contributed by atoms with Gasteiger partial charge in [0, 0.05) is 18.3 Å². The number of furan rings is 1. The number of nitrogens with zero attached hydrogens (tertiary/aromatic N) is 2. The highest BCUT2D eigenvalue weighted by molar-refractivity contribution is 5.91. The van der Waals surface area contributed by atoms with Crippen LogP contribution in [0.5, 0.6) is 0 Å². The number of rotatable bonds is 9. The second-order valence-electron chi connectivity index (χ2n) is 9.58. The van der Waals surface area contributed by atoms with Gasteiger partial charge in [0.1, 0.15) is 19.0 Å². The molecule has 0 spiro atoms. The third-order valence-corrected chi connectivity index (χ3v) is 6.56. The van der Waals surface area contributed by atoms with Crippen LogP contribution in [0.1, 0.15) is 16.7 Å². The van der Waals surface area contributed by atoms with Gasteiger partial charge in [0.25, 0.3) is 5.76 Å². The summed E-state index contributed by atoms with van der Waals surface area (Å²) in [7, 11) is 0. The van der Waals surface area contributed by atoms with E-state index in [1.165, 1.54) is 4.57 Å². The summed E-state index contributed by atoms with van der Waals surface area (Å²) in [6, 6.07) is 28.8. The van der Waals surface area contributed by atoms with E-state index in [1.54, 1.807) is 12.3 Å². The normalized spacial score (nSPS) is 14.1. The lowest BCUT2D eigenvalue weighted by Crippen LogP contribution is -2.21. The van der Waals surface area contributed by atoms with Crippen LogP contribution in [0.3, 0.4) is 0 Å². The monoisotopic (exact) mass is 546 g/mol. The molecule has 0 aliphatic carbocycles. The molecule has 1 aliphatic heterocycles. The van der Waals surface area contributed by atoms with Crippen LogP contribution < -0.4 is 5.69 Å². The summed E-state index contributed by atoms with van der Waals surface area (Å²) in [5.41, 5.74) is 3.59. The van der Waals surface area contributed by atoms with Crippen molar-refractivity contribution in [3.63, 3.8) is 0 Å². The number of fused-ring (bicyclic) bond motifs is 1. The van der Waals surface area contributed by atoms with Gasteiger partial charge in [0.05, 0.1) is 5.39 Å². The van der Waals surface area contributed by atoms with Crippen LogP contribution in [-0.2, 0) is 38.8 Å². The highest BCUT2D eigenvalue weighted by Crippen LogP contribution is 2.30. The van der Waals surface area contributed by atoms with Gasteiger partial charge in [-0.1, -0.05) is 90.5 Å². The second-order valence-corrected chi connectivity index (χ2v) is 9.58. The number of aromatic nitrogens is 2. The summed E-state index contributed by atoms with van der Waals surface area (Å²) >= 11 is 0. The smallest absolute Gasteiger partial charge is 0.383 e. The van der Waals surface area contributed by atoms with Crippen molar-refractivity contribution in [2.75, 3.05) is 0 Å². The lowest BCUT2D eigenvalue weighted by Gasteiger charge is -2.10. The van der Waals surface area contributed by atoms with E-state index < -0.39 is 11.7 Å². The molecule has 0 fully saturated rings. The predicted octanol–water partition coefficient (Wildman–Crippen LogP) is 6.05. The quantitative estimate of drug-likeness (QED) is 0.208. The summed E-state index contributed by atoms with van der Waals surface area (Å²) in [5.74, 6) is 0.297. The summed E-state index contributed by atoms with van der Waals surface area (Å²) in [6.07, 6.45) is 3.27. The SMILES string of the molecule is Cc1ccc(-c2cc3cn(C/C=C4\OC(=O)C(OCc5ccccc5)=C4OCc4ccccc4)c(=O)nc3o2)cc1. The fraction of sp³-hybridized carbons (Fsp3) is 0.121. The van der Waals surface area contributed by atoms with Crippen LogP contribution in [0, 0.1) is 6.92 Å². The number of hydrogen-bond donors (Lipinski definition) is 0. The molecule has 0 bridgehead atoms. The molecule has 3 heterocycles. The van der Waals surface area contributed by atoms with E-state index in [9.17, 15) is 9.59 Å². The molecule has 41 heavy (non-hydrogen) atoms. The van der Waals surface area contributed by atoms with Crippen molar-refractivity contribution in [2.45, 2.75) is 26.7 Å². The number of carbonyl (C=O) groups is 1. The molecule has 8 nitrogen and oxygen atoms in total. The Hall–Kier alpha value is -5.37. The summed E-state index contributed by atoms with van der Waals surface area (Å²) in [6.45, 7) is 2.46. The molecule has 0 atom stereocenters. The molecule has 1 aliphatic rings. The molecular weight excluding hydrogens is 520 g/mol. The van der Waals surface area contributed by atoms with Gasteiger partial charge in [-0.15, -0.1) is 0 Å². The molecule has 5 aromatic rings. The van der Waals surface area contributed by atoms with E-state index in [0.29, 0.717) is 11.1 Å². The molecule has 6 rings (SSSR count). The molecule has 0 saturated heterocycles. The van der Waals surface area contributed by atoms with Gasteiger partial charge in [0.2, 0.25) is 11.5 Å². The van der Waals surface area contributed by atoms with Crippen molar-refractivity contribution in [3.8, 4) is 11.3 Å². The predicted molar refractivity (Wildman–Crippen MR) is 152 cm³/mol. The average Bonchev–Trinajstić information content (AvgIpc) is 3.54. The van der Waals surface area contributed by atoms with Crippen molar-refractivity contribution in [1.82, 2.24) is 9.55 Å². The molecule has 8 heteroatoms. The first kappa shape index (κ1) is 25.9. The highest BCUT2D eigenvalue weighted by atomic mass is 16.6. The summed E-state index contributed by atoms with van der Waals surface area (Å²) in [5, 5.41) is 0.671. The first-order chi connectivity index (χ1) is 20.0. The number of carbonyl (C=O) groups excluding carboxylic acids is 1. The third kappa shape index (κ3) is 5.81. The maximum atomic E-state index is 12.8. The number of esters is 1. The number of ether oxygens (including phenoxy) is 3. The Labute approximate surface area is 235 Å². The number of hydrogen-bond acceptors (Lipinski definition) is 7. The molecule has 0 radical (unpaired) electrons. The lowest BCUT2D eigenvalue weighted by molar-refractivity contribution is -0.136. The van der Waals surface area contributed by atoms with Crippen molar-refractivity contribution in [3.05, 3.63) is 148 Å². The molecule has 3 aromatic carbocycles. The van der Waals surface area contributed by atoms with Crippen LogP contribution in [0.2, 0.25) is 0 Å². The topological polar surface area (TPSA) is 92.8 Å². The van der Waals surface area contributed by atoms with Crippen molar-refractivity contribution in [2.24, 2.45) is 0 Å². The highest BCUT2D eigenvalue weighted by Gasteiger charge is 2.34. The fourth-order valence-electron chi connectivity index (χ4n) is 4.37. The standard InChI is InChI=1S/C33H26N2O6/c1-22-12-14-25(15-13-22)28-18-26-19-35(33(37)34-31(26)40-28)17-16-27-29(38-20-23-8-4-2-5-9-23)30(32(36)41-27)39-21-24-10-6-3-7-11-24/h2-16,18-19H,17,20-21H2,1H3/b27-16-. The molecule has 0 saturated carbocycles. The Morgan fingerprint density at radius 3 is 2.12 bits per heavy atom. The molecule has 0 unspecified atom stereocenters.